The predicted octanol–water partition coefficient (Wildman–Crippen LogP) is 4.86. The lowest BCUT2D eigenvalue weighted by Crippen LogP contribution is -2.34. The Morgan fingerprint density at radius 3 is 2.48 bits per heavy atom. The monoisotopic (exact) mass is 276 g/mol. The van der Waals surface area contributed by atoms with Crippen molar-refractivity contribution in [3.8, 4) is 5.75 Å². The van der Waals surface area contributed by atoms with Gasteiger partial charge in [0.05, 0.1) is 0 Å². The van der Waals surface area contributed by atoms with Crippen LogP contribution in [-0.2, 0) is 13.0 Å². The third kappa shape index (κ3) is 1.99. The normalized spacial score (nSPS) is 22.0. The van der Waals surface area contributed by atoms with Crippen molar-refractivity contribution in [3.63, 3.8) is 0 Å². The Balaban J connectivity index is 1.87. The van der Waals surface area contributed by atoms with E-state index in [0.717, 1.165) is 12.2 Å². The summed E-state index contributed by atoms with van der Waals surface area (Å²) < 4.78 is 6.10. The Hall–Kier alpha value is -2.02. The molecular weight excluding hydrogens is 256 g/mol. The molecule has 2 aromatic carbocycles. The maximum Gasteiger partial charge on any atom is 0.123 e. The van der Waals surface area contributed by atoms with Gasteiger partial charge in [-0.2, -0.15) is 0 Å². The summed E-state index contributed by atoms with van der Waals surface area (Å²) >= 11 is 0. The minimum atomic E-state index is 0.264. The van der Waals surface area contributed by atoms with E-state index in [4.69, 9.17) is 4.74 Å². The molecule has 0 spiro atoms. The smallest absolute Gasteiger partial charge is 0.123 e. The average Bonchev–Trinajstić information content (AvgIpc) is 2.54. The van der Waals surface area contributed by atoms with Crippen LogP contribution in [0.2, 0.25) is 0 Å². The Morgan fingerprint density at radius 1 is 0.952 bits per heavy atom. The van der Waals surface area contributed by atoms with Crippen molar-refractivity contribution in [3.05, 3.63) is 71.3 Å². The number of hydrogen-bond acceptors (Lipinski definition) is 1. The quantitative estimate of drug-likeness (QED) is 0.667. The van der Waals surface area contributed by atoms with Gasteiger partial charge >= 0.3 is 0 Å². The molecule has 0 radical (unpaired) electrons. The summed E-state index contributed by atoms with van der Waals surface area (Å²) in [7, 11) is 0. The second kappa shape index (κ2) is 4.49. The van der Waals surface area contributed by atoms with Crippen LogP contribution in [0.5, 0.6) is 5.75 Å². The zero-order valence-electron chi connectivity index (χ0n) is 12.6. The Bertz CT molecular complexity index is 724. The van der Waals surface area contributed by atoms with E-state index in [-0.39, 0.29) is 5.41 Å². The van der Waals surface area contributed by atoms with Crippen molar-refractivity contribution in [2.24, 2.45) is 11.3 Å². The van der Waals surface area contributed by atoms with Gasteiger partial charge in [0.1, 0.15) is 12.4 Å². The fourth-order valence-corrected chi connectivity index (χ4v) is 3.66. The largest absolute Gasteiger partial charge is 0.489 e. The van der Waals surface area contributed by atoms with Gasteiger partial charge in [-0.25, -0.2) is 0 Å². The number of rotatable bonds is 0. The first kappa shape index (κ1) is 12.7. The van der Waals surface area contributed by atoms with Crippen molar-refractivity contribution in [1.29, 1.82) is 0 Å². The first-order valence-corrected chi connectivity index (χ1v) is 7.67. The van der Waals surface area contributed by atoms with Crippen molar-refractivity contribution in [1.82, 2.24) is 0 Å². The lowest BCUT2D eigenvalue weighted by atomic mass is 9.60. The molecule has 0 unspecified atom stereocenters. The molecule has 4 rings (SSSR count). The molecular formula is C20H20O. The number of para-hydroxylation sites is 1. The molecule has 106 valence electrons. The molecule has 0 aromatic heterocycles. The number of hydrogen-bond donors (Lipinski definition) is 0. The average molecular weight is 276 g/mol. The molecule has 1 heterocycles. The third-order valence-electron chi connectivity index (χ3n) is 4.91. The fourth-order valence-electron chi connectivity index (χ4n) is 3.66. The van der Waals surface area contributed by atoms with Gasteiger partial charge in [-0.1, -0.05) is 62.4 Å². The summed E-state index contributed by atoms with van der Waals surface area (Å²) in [4.78, 5) is 0. The Morgan fingerprint density at radius 2 is 1.67 bits per heavy atom. The van der Waals surface area contributed by atoms with E-state index in [1.54, 1.807) is 0 Å². The van der Waals surface area contributed by atoms with Gasteiger partial charge in [0.25, 0.3) is 0 Å². The van der Waals surface area contributed by atoms with Crippen molar-refractivity contribution < 1.29 is 4.74 Å². The zero-order chi connectivity index (χ0) is 14.4. The molecule has 21 heavy (non-hydrogen) atoms. The molecule has 0 N–H and O–H groups in total. The van der Waals surface area contributed by atoms with Crippen LogP contribution in [-0.4, -0.2) is 0 Å². The molecule has 1 heteroatoms. The van der Waals surface area contributed by atoms with Crippen LogP contribution in [0, 0.1) is 11.3 Å². The summed E-state index contributed by atoms with van der Waals surface area (Å²) in [6, 6.07) is 17.1. The van der Waals surface area contributed by atoms with Gasteiger partial charge in [-0.05, 0) is 46.1 Å². The Labute approximate surface area is 126 Å². The van der Waals surface area contributed by atoms with E-state index in [9.17, 15) is 0 Å². The van der Waals surface area contributed by atoms with Crippen molar-refractivity contribution >= 4 is 5.57 Å². The maximum atomic E-state index is 6.10. The van der Waals surface area contributed by atoms with E-state index < -0.39 is 0 Å². The first-order valence-electron chi connectivity index (χ1n) is 7.67. The van der Waals surface area contributed by atoms with Crippen LogP contribution in [0.1, 0.15) is 30.5 Å². The summed E-state index contributed by atoms with van der Waals surface area (Å²) in [6.07, 6.45) is 3.49. The number of fused-ring (bicyclic) bond motifs is 4. The summed E-state index contributed by atoms with van der Waals surface area (Å²) in [5, 5.41) is 0. The van der Waals surface area contributed by atoms with E-state index >= 15 is 0 Å². The van der Waals surface area contributed by atoms with Gasteiger partial charge in [0.15, 0.2) is 0 Å². The molecule has 0 saturated carbocycles. The van der Waals surface area contributed by atoms with Crippen LogP contribution >= 0.6 is 0 Å². The standard InChI is InChI=1S/C20H20O/c1-20(2)12-17-16-9-5-3-8-15(16)13-21-19-10-6-4-7-14(19)11-18(17)20/h3-10,12,18H,11,13H2,1-2H3/t18-/m1/s1. The van der Waals surface area contributed by atoms with E-state index in [0.29, 0.717) is 12.5 Å². The van der Waals surface area contributed by atoms with E-state index in [1.165, 1.54) is 22.3 Å². The lowest BCUT2D eigenvalue weighted by molar-refractivity contribution is 0.295. The zero-order valence-corrected chi connectivity index (χ0v) is 12.6. The van der Waals surface area contributed by atoms with Gasteiger partial charge in [-0.15, -0.1) is 0 Å². The van der Waals surface area contributed by atoms with Gasteiger partial charge in [-0.3, -0.25) is 0 Å². The van der Waals surface area contributed by atoms with Crippen molar-refractivity contribution in [2.75, 3.05) is 0 Å². The molecule has 1 nitrogen and oxygen atoms in total. The fraction of sp³-hybridized carbons (Fsp3) is 0.300. The summed E-state index contributed by atoms with van der Waals surface area (Å²) in [5.41, 5.74) is 5.75. The SMILES string of the molecule is CC1(C)C=C2c3ccccc3COc3ccccc3C[C@H]21. The molecule has 1 aliphatic carbocycles. The molecule has 0 bridgehead atoms. The second-order valence-corrected chi connectivity index (χ2v) is 6.73. The van der Waals surface area contributed by atoms with E-state index in [1.807, 2.05) is 0 Å². The minimum Gasteiger partial charge on any atom is -0.489 e. The third-order valence-corrected chi connectivity index (χ3v) is 4.91. The number of benzene rings is 2. The molecule has 1 aliphatic heterocycles. The summed E-state index contributed by atoms with van der Waals surface area (Å²) in [5.74, 6) is 1.61. The molecule has 2 aromatic rings. The molecule has 1 atom stereocenters. The highest BCUT2D eigenvalue weighted by Crippen LogP contribution is 2.52. The Kier molecular flexibility index (Phi) is 2.72. The van der Waals surface area contributed by atoms with Gasteiger partial charge in [0, 0.05) is 0 Å². The van der Waals surface area contributed by atoms with Crippen LogP contribution < -0.4 is 4.74 Å². The maximum absolute atomic E-state index is 6.10. The molecule has 0 saturated heterocycles. The van der Waals surface area contributed by atoms with Crippen LogP contribution in [0.25, 0.3) is 5.57 Å². The van der Waals surface area contributed by atoms with Gasteiger partial charge < -0.3 is 4.74 Å². The highest BCUT2D eigenvalue weighted by molar-refractivity contribution is 5.77. The van der Waals surface area contributed by atoms with Crippen LogP contribution in [0.4, 0.5) is 0 Å². The minimum absolute atomic E-state index is 0.264. The van der Waals surface area contributed by atoms with Gasteiger partial charge in [0.2, 0.25) is 0 Å². The molecule has 2 aliphatic rings. The van der Waals surface area contributed by atoms with Crippen LogP contribution in [0.3, 0.4) is 0 Å². The molecule has 0 fully saturated rings. The summed E-state index contributed by atoms with van der Waals surface area (Å²) in [6.45, 7) is 5.33. The second-order valence-electron chi connectivity index (χ2n) is 6.73. The number of allylic oxidation sites excluding steroid dienone is 2. The molecule has 0 amide bonds. The first-order chi connectivity index (χ1) is 10.1. The highest BCUT2D eigenvalue weighted by atomic mass is 16.5. The number of ether oxygens (including phenoxy) is 1. The highest BCUT2D eigenvalue weighted by Gasteiger charge is 2.41. The van der Waals surface area contributed by atoms with Crippen LogP contribution in [0.15, 0.2) is 54.6 Å². The van der Waals surface area contributed by atoms with Crippen molar-refractivity contribution in [2.45, 2.75) is 26.9 Å². The lowest BCUT2D eigenvalue weighted by Gasteiger charge is -2.44. The topological polar surface area (TPSA) is 9.23 Å². The predicted molar refractivity (Wildman–Crippen MR) is 86.2 cm³/mol. The van der Waals surface area contributed by atoms with E-state index in [2.05, 4.69) is 68.5 Å².